The summed E-state index contributed by atoms with van der Waals surface area (Å²) in [5, 5.41) is 0. The Labute approximate surface area is 101 Å². The molecule has 1 rings (SSSR count). The zero-order valence-electron chi connectivity index (χ0n) is 11.1. The molecule has 0 unspecified atom stereocenters. The fourth-order valence-corrected chi connectivity index (χ4v) is 2.60. The van der Waals surface area contributed by atoms with Crippen molar-refractivity contribution in [3.8, 4) is 0 Å². The van der Waals surface area contributed by atoms with Crippen LogP contribution in [0.2, 0.25) is 0 Å². The molecule has 96 valence electrons. The summed E-state index contributed by atoms with van der Waals surface area (Å²) >= 11 is 0. The van der Waals surface area contributed by atoms with E-state index in [0.717, 1.165) is 6.61 Å². The topological polar surface area (TPSA) is 35.2 Å². The highest BCUT2D eigenvalue weighted by molar-refractivity contribution is 4.84. The third kappa shape index (κ3) is 4.06. The summed E-state index contributed by atoms with van der Waals surface area (Å²) in [7, 11) is 0. The molecule has 0 aromatic heterocycles. The van der Waals surface area contributed by atoms with E-state index in [2.05, 4.69) is 13.8 Å². The molecule has 1 fully saturated rings. The van der Waals surface area contributed by atoms with E-state index >= 15 is 0 Å². The van der Waals surface area contributed by atoms with Gasteiger partial charge >= 0.3 is 0 Å². The fraction of sp³-hybridized carbons (Fsp3) is 1.00. The third-order valence-electron chi connectivity index (χ3n) is 4.17. The highest BCUT2D eigenvalue weighted by atomic mass is 16.5. The molecule has 2 N–H and O–H groups in total. The molecule has 0 aliphatic heterocycles. The molecule has 0 bridgehead atoms. The zero-order chi connectivity index (χ0) is 11.9. The number of rotatable bonds is 6. The highest BCUT2D eigenvalue weighted by Gasteiger charge is 2.30. The summed E-state index contributed by atoms with van der Waals surface area (Å²) in [5.41, 5.74) is 5.96. The molecule has 16 heavy (non-hydrogen) atoms. The molecule has 0 amide bonds. The second-order valence-corrected chi connectivity index (χ2v) is 5.29. The Morgan fingerprint density at radius 3 is 2.06 bits per heavy atom. The molecule has 2 nitrogen and oxygen atoms in total. The summed E-state index contributed by atoms with van der Waals surface area (Å²) in [4.78, 5) is 0. The van der Waals surface area contributed by atoms with E-state index in [4.69, 9.17) is 10.5 Å². The molecule has 0 spiro atoms. The van der Waals surface area contributed by atoms with Gasteiger partial charge in [0.25, 0.3) is 0 Å². The van der Waals surface area contributed by atoms with Crippen molar-refractivity contribution in [1.29, 1.82) is 0 Å². The van der Waals surface area contributed by atoms with E-state index in [1.165, 1.54) is 51.4 Å². The van der Waals surface area contributed by atoms with Gasteiger partial charge in [-0.2, -0.15) is 0 Å². The van der Waals surface area contributed by atoms with Gasteiger partial charge in [-0.3, -0.25) is 0 Å². The maximum absolute atomic E-state index is 6.22. The Hall–Kier alpha value is -0.0800. The first kappa shape index (κ1) is 14.0. The minimum atomic E-state index is 0.0130. The Morgan fingerprint density at radius 1 is 1.06 bits per heavy atom. The standard InChI is InChI=1S/C14H29NO/c1-3-13(4-2)11-16-14(12-15)9-7-5-6-8-10-14/h13H,3-12,15H2,1-2H3. The highest BCUT2D eigenvalue weighted by Crippen LogP contribution is 2.30. The van der Waals surface area contributed by atoms with Crippen LogP contribution in [0.15, 0.2) is 0 Å². The lowest BCUT2D eigenvalue weighted by molar-refractivity contribution is -0.0651. The van der Waals surface area contributed by atoms with Crippen LogP contribution in [-0.4, -0.2) is 18.8 Å². The molecule has 0 heterocycles. The number of nitrogens with two attached hydrogens (primary N) is 1. The second-order valence-electron chi connectivity index (χ2n) is 5.29. The molecular formula is C14H29NO. The van der Waals surface area contributed by atoms with Crippen molar-refractivity contribution in [2.45, 2.75) is 70.8 Å². The predicted octanol–water partition coefficient (Wildman–Crippen LogP) is 3.49. The van der Waals surface area contributed by atoms with Gasteiger partial charge in [0.2, 0.25) is 0 Å². The average molecular weight is 227 g/mol. The van der Waals surface area contributed by atoms with Gasteiger partial charge < -0.3 is 10.5 Å². The van der Waals surface area contributed by atoms with Gasteiger partial charge in [0, 0.05) is 6.54 Å². The minimum absolute atomic E-state index is 0.0130. The van der Waals surface area contributed by atoms with E-state index in [0.29, 0.717) is 12.5 Å². The largest absolute Gasteiger partial charge is 0.373 e. The third-order valence-corrected chi connectivity index (χ3v) is 4.17. The Morgan fingerprint density at radius 2 is 1.62 bits per heavy atom. The van der Waals surface area contributed by atoms with Gasteiger partial charge in [0.15, 0.2) is 0 Å². The van der Waals surface area contributed by atoms with Crippen molar-refractivity contribution in [2.75, 3.05) is 13.2 Å². The summed E-state index contributed by atoms with van der Waals surface area (Å²) in [5.74, 6) is 0.715. The Kier molecular flexibility index (Phi) is 6.37. The monoisotopic (exact) mass is 227 g/mol. The number of hydrogen-bond acceptors (Lipinski definition) is 2. The van der Waals surface area contributed by atoms with Crippen LogP contribution < -0.4 is 5.73 Å². The van der Waals surface area contributed by atoms with Crippen molar-refractivity contribution in [1.82, 2.24) is 0 Å². The van der Waals surface area contributed by atoms with Crippen LogP contribution in [0.3, 0.4) is 0 Å². The number of hydrogen-bond donors (Lipinski definition) is 1. The van der Waals surface area contributed by atoms with Crippen LogP contribution in [0.5, 0.6) is 0 Å². The van der Waals surface area contributed by atoms with Crippen LogP contribution in [-0.2, 0) is 4.74 Å². The molecule has 0 saturated heterocycles. The smallest absolute Gasteiger partial charge is 0.0804 e. The summed E-state index contributed by atoms with van der Waals surface area (Å²) in [6.45, 7) is 6.11. The minimum Gasteiger partial charge on any atom is -0.373 e. The summed E-state index contributed by atoms with van der Waals surface area (Å²) in [6, 6.07) is 0. The molecule has 0 atom stereocenters. The van der Waals surface area contributed by atoms with Crippen LogP contribution in [0.4, 0.5) is 0 Å². The normalized spacial score (nSPS) is 21.0. The van der Waals surface area contributed by atoms with Crippen LogP contribution in [0.1, 0.15) is 65.2 Å². The maximum Gasteiger partial charge on any atom is 0.0804 e. The quantitative estimate of drug-likeness (QED) is 0.705. The fourth-order valence-electron chi connectivity index (χ4n) is 2.60. The average Bonchev–Trinajstić information content (AvgIpc) is 2.57. The first-order chi connectivity index (χ1) is 7.76. The Balaban J connectivity index is 2.44. The van der Waals surface area contributed by atoms with Crippen molar-refractivity contribution < 1.29 is 4.74 Å². The number of ether oxygens (including phenoxy) is 1. The van der Waals surface area contributed by atoms with E-state index in [1.54, 1.807) is 0 Å². The SMILES string of the molecule is CCC(CC)COC1(CN)CCCCCC1. The van der Waals surface area contributed by atoms with E-state index < -0.39 is 0 Å². The molecule has 0 aromatic carbocycles. The van der Waals surface area contributed by atoms with E-state index in [-0.39, 0.29) is 5.60 Å². The van der Waals surface area contributed by atoms with Gasteiger partial charge in [-0.25, -0.2) is 0 Å². The van der Waals surface area contributed by atoms with Gasteiger partial charge in [-0.15, -0.1) is 0 Å². The zero-order valence-corrected chi connectivity index (χ0v) is 11.1. The summed E-state index contributed by atoms with van der Waals surface area (Å²) in [6.07, 6.45) is 10.1. The Bertz CT molecular complexity index is 170. The lowest BCUT2D eigenvalue weighted by atomic mass is 9.93. The van der Waals surface area contributed by atoms with Gasteiger partial charge in [-0.1, -0.05) is 52.4 Å². The van der Waals surface area contributed by atoms with Gasteiger partial charge in [0.1, 0.15) is 0 Å². The molecule has 1 aliphatic carbocycles. The molecule has 0 aromatic rings. The first-order valence-corrected chi connectivity index (χ1v) is 7.10. The molecule has 2 heteroatoms. The molecule has 1 aliphatic rings. The molecule has 0 radical (unpaired) electrons. The van der Waals surface area contributed by atoms with Crippen LogP contribution >= 0.6 is 0 Å². The first-order valence-electron chi connectivity index (χ1n) is 7.10. The van der Waals surface area contributed by atoms with E-state index in [9.17, 15) is 0 Å². The van der Waals surface area contributed by atoms with Crippen LogP contribution in [0.25, 0.3) is 0 Å². The van der Waals surface area contributed by atoms with Crippen molar-refractivity contribution >= 4 is 0 Å². The van der Waals surface area contributed by atoms with Crippen molar-refractivity contribution in [3.05, 3.63) is 0 Å². The maximum atomic E-state index is 6.22. The van der Waals surface area contributed by atoms with Crippen molar-refractivity contribution in [2.24, 2.45) is 11.7 Å². The van der Waals surface area contributed by atoms with Crippen LogP contribution in [0, 0.1) is 5.92 Å². The van der Waals surface area contributed by atoms with Crippen molar-refractivity contribution in [3.63, 3.8) is 0 Å². The molecule has 1 saturated carbocycles. The summed E-state index contributed by atoms with van der Waals surface area (Å²) < 4.78 is 6.22. The predicted molar refractivity (Wildman–Crippen MR) is 69.5 cm³/mol. The van der Waals surface area contributed by atoms with E-state index in [1.807, 2.05) is 0 Å². The van der Waals surface area contributed by atoms with Gasteiger partial charge in [0.05, 0.1) is 12.2 Å². The van der Waals surface area contributed by atoms with Gasteiger partial charge in [-0.05, 0) is 18.8 Å². The lowest BCUT2D eigenvalue weighted by Gasteiger charge is -2.33. The second kappa shape index (κ2) is 7.29. The molecular weight excluding hydrogens is 198 g/mol. The lowest BCUT2D eigenvalue weighted by Crippen LogP contribution is -2.41.